The van der Waals surface area contributed by atoms with E-state index < -0.39 is 0 Å². The fourth-order valence-electron chi connectivity index (χ4n) is 3.05. The van der Waals surface area contributed by atoms with Crippen LogP contribution in [0.1, 0.15) is 53.9 Å². The Labute approximate surface area is 112 Å². The first-order valence-corrected chi connectivity index (χ1v) is 7.38. The molecule has 3 nitrogen and oxygen atoms in total. The summed E-state index contributed by atoms with van der Waals surface area (Å²) in [6.07, 6.45) is 3.76. The van der Waals surface area contributed by atoms with Crippen LogP contribution in [0.3, 0.4) is 0 Å². The predicted molar refractivity (Wildman–Crippen MR) is 74.4 cm³/mol. The number of esters is 1. The van der Waals surface area contributed by atoms with E-state index in [0.717, 1.165) is 5.92 Å². The van der Waals surface area contributed by atoms with Gasteiger partial charge in [0.05, 0.1) is 6.61 Å². The van der Waals surface area contributed by atoms with Crippen LogP contribution >= 0.6 is 0 Å². The molecule has 4 atom stereocenters. The summed E-state index contributed by atoms with van der Waals surface area (Å²) in [6, 6.07) is 0.259. The third kappa shape index (κ3) is 4.27. The highest BCUT2D eigenvalue weighted by atomic mass is 16.5. The molecule has 0 heterocycles. The average molecular weight is 255 g/mol. The second-order valence-electron chi connectivity index (χ2n) is 6.07. The Morgan fingerprint density at radius 2 is 2.00 bits per heavy atom. The van der Waals surface area contributed by atoms with E-state index in [1.165, 1.54) is 19.3 Å². The van der Waals surface area contributed by atoms with Crippen molar-refractivity contribution in [1.82, 2.24) is 5.32 Å². The number of hydrogen-bond acceptors (Lipinski definition) is 3. The smallest absolute Gasteiger partial charge is 0.322 e. The lowest BCUT2D eigenvalue weighted by Gasteiger charge is -2.39. The van der Waals surface area contributed by atoms with Gasteiger partial charge in [0.25, 0.3) is 0 Å². The van der Waals surface area contributed by atoms with Crippen molar-refractivity contribution in [3.63, 3.8) is 0 Å². The topological polar surface area (TPSA) is 38.3 Å². The molecule has 0 radical (unpaired) electrons. The van der Waals surface area contributed by atoms with E-state index in [1.54, 1.807) is 0 Å². The summed E-state index contributed by atoms with van der Waals surface area (Å²) in [5.41, 5.74) is 0. The third-order valence-electron chi connectivity index (χ3n) is 4.13. The molecule has 0 aromatic rings. The molecule has 0 spiro atoms. The van der Waals surface area contributed by atoms with Crippen LogP contribution in [-0.4, -0.2) is 24.7 Å². The largest absolute Gasteiger partial charge is 0.465 e. The summed E-state index contributed by atoms with van der Waals surface area (Å²) in [7, 11) is 0. The van der Waals surface area contributed by atoms with Gasteiger partial charge < -0.3 is 10.1 Å². The Morgan fingerprint density at radius 1 is 1.33 bits per heavy atom. The van der Waals surface area contributed by atoms with Crippen molar-refractivity contribution in [2.24, 2.45) is 17.8 Å². The minimum Gasteiger partial charge on any atom is -0.465 e. The van der Waals surface area contributed by atoms with Gasteiger partial charge in [-0.3, -0.25) is 4.79 Å². The van der Waals surface area contributed by atoms with Crippen molar-refractivity contribution in [2.75, 3.05) is 6.61 Å². The van der Waals surface area contributed by atoms with Crippen LogP contribution < -0.4 is 5.32 Å². The molecule has 0 aliphatic heterocycles. The first-order chi connectivity index (χ1) is 8.45. The summed E-state index contributed by atoms with van der Waals surface area (Å²) >= 11 is 0. The van der Waals surface area contributed by atoms with E-state index in [1.807, 2.05) is 13.8 Å². The van der Waals surface area contributed by atoms with Crippen LogP contribution in [0, 0.1) is 17.8 Å². The van der Waals surface area contributed by atoms with Crippen LogP contribution in [0.2, 0.25) is 0 Å². The second kappa shape index (κ2) is 7.13. The van der Waals surface area contributed by atoms with Crippen LogP contribution in [0.25, 0.3) is 0 Å². The van der Waals surface area contributed by atoms with Gasteiger partial charge in [-0.2, -0.15) is 0 Å². The maximum Gasteiger partial charge on any atom is 0.322 e. The zero-order chi connectivity index (χ0) is 13.7. The predicted octanol–water partition coefficient (Wildman–Crippen LogP) is 2.99. The summed E-state index contributed by atoms with van der Waals surface area (Å²) in [5, 5.41) is 3.49. The molecular formula is C15H29NO2. The molecule has 0 amide bonds. The molecule has 3 heteroatoms. The Balaban J connectivity index is 2.57. The summed E-state index contributed by atoms with van der Waals surface area (Å²) in [6.45, 7) is 11.1. The molecule has 0 bridgehead atoms. The molecule has 106 valence electrons. The van der Waals surface area contributed by atoms with Crippen LogP contribution in [-0.2, 0) is 9.53 Å². The van der Waals surface area contributed by atoms with E-state index in [-0.39, 0.29) is 12.0 Å². The van der Waals surface area contributed by atoms with Gasteiger partial charge in [-0.25, -0.2) is 0 Å². The molecule has 0 aromatic heterocycles. The van der Waals surface area contributed by atoms with Crippen molar-refractivity contribution < 1.29 is 9.53 Å². The van der Waals surface area contributed by atoms with Crippen LogP contribution in [0.15, 0.2) is 0 Å². The van der Waals surface area contributed by atoms with Gasteiger partial charge in [0.2, 0.25) is 0 Å². The van der Waals surface area contributed by atoms with E-state index in [9.17, 15) is 4.79 Å². The molecule has 1 N–H and O–H groups in total. The molecule has 1 fully saturated rings. The van der Waals surface area contributed by atoms with Crippen LogP contribution in [0.5, 0.6) is 0 Å². The fraction of sp³-hybridized carbons (Fsp3) is 0.933. The fourth-order valence-corrected chi connectivity index (χ4v) is 3.05. The van der Waals surface area contributed by atoms with Gasteiger partial charge in [-0.1, -0.05) is 27.2 Å². The molecule has 0 aromatic carbocycles. The third-order valence-corrected chi connectivity index (χ3v) is 4.13. The van der Waals surface area contributed by atoms with E-state index >= 15 is 0 Å². The lowest BCUT2D eigenvalue weighted by Crippen LogP contribution is -2.49. The Morgan fingerprint density at radius 3 is 2.56 bits per heavy atom. The summed E-state index contributed by atoms with van der Waals surface area (Å²) in [5.74, 6) is 1.98. The molecular weight excluding hydrogens is 226 g/mol. The molecule has 1 aliphatic rings. The zero-order valence-corrected chi connectivity index (χ0v) is 12.5. The standard InChI is InChI=1S/C15H29NO2/c1-6-18-15(17)12(5)16-14-9-11(4)7-8-13(14)10(2)3/h10-14,16H,6-9H2,1-5H3. The molecule has 18 heavy (non-hydrogen) atoms. The van der Waals surface area contributed by atoms with Gasteiger partial charge in [-0.15, -0.1) is 0 Å². The Bertz CT molecular complexity index is 265. The Kier molecular flexibility index (Phi) is 6.13. The minimum absolute atomic E-state index is 0.127. The van der Waals surface area contributed by atoms with Gasteiger partial charge in [0, 0.05) is 6.04 Å². The molecule has 1 aliphatic carbocycles. The lowest BCUT2D eigenvalue weighted by molar-refractivity contribution is -0.145. The minimum atomic E-state index is -0.193. The maximum atomic E-state index is 11.7. The highest BCUT2D eigenvalue weighted by Gasteiger charge is 2.32. The van der Waals surface area contributed by atoms with Gasteiger partial charge in [-0.05, 0) is 44.4 Å². The van der Waals surface area contributed by atoms with Gasteiger partial charge in [0.1, 0.15) is 6.04 Å². The van der Waals surface area contributed by atoms with E-state index in [2.05, 4.69) is 26.1 Å². The zero-order valence-electron chi connectivity index (χ0n) is 12.5. The van der Waals surface area contributed by atoms with Crippen molar-refractivity contribution >= 4 is 5.97 Å². The Hall–Kier alpha value is -0.570. The number of rotatable bonds is 5. The maximum absolute atomic E-state index is 11.7. The number of hydrogen-bond donors (Lipinski definition) is 1. The number of ether oxygens (including phenoxy) is 1. The van der Waals surface area contributed by atoms with Crippen molar-refractivity contribution in [3.8, 4) is 0 Å². The lowest BCUT2D eigenvalue weighted by atomic mass is 9.74. The molecule has 0 saturated heterocycles. The monoisotopic (exact) mass is 255 g/mol. The summed E-state index contributed by atoms with van der Waals surface area (Å²) in [4.78, 5) is 11.7. The van der Waals surface area contributed by atoms with Crippen molar-refractivity contribution in [3.05, 3.63) is 0 Å². The highest BCUT2D eigenvalue weighted by Crippen LogP contribution is 2.33. The quantitative estimate of drug-likeness (QED) is 0.768. The molecule has 1 saturated carbocycles. The number of nitrogens with one attached hydrogen (secondary N) is 1. The second-order valence-corrected chi connectivity index (χ2v) is 6.07. The normalized spacial score (nSPS) is 30.2. The molecule has 4 unspecified atom stereocenters. The van der Waals surface area contributed by atoms with E-state index in [4.69, 9.17) is 4.74 Å². The highest BCUT2D eigenvalue weighted by molar-refractivity contribution is 5.75. The number of carbonyl (C=O) groups is 1. The average Bonchev–Trinajstić information content (AvgIpc) is 2.28. The van der Waals surface area contributed by atoms with Crippen LogP contribution in [0.4, 0.5) is 0 Å². The first kappa shape index (κ1) is 15.5. The number of carbonyl (C=O) groups excluding carboxylic acids is 1. The summed E-state index contributed by atoms with van der Waals surface area (Å²) < 4.78 is 5.07. The van der Waals surface area contributed by atoms with Crippen molar-refractivity contribution in [2.45, 2.75) is 66.0 Å². The van der Waals surface area contributed by atoms with Gasteiger partial charge in [0.15, 0.2) is 0 Å². The van der Waals surface area contributed by atoms with E-state index in [0.29, 0.717) is 24.5 Å². The first-order valence-electron chi connectivity index (χ1n) is 7.38. The van der Waals surface area contributed by atoms with Gasteiger partial charge >= 0.3 is 5.97 Å². The van der Waals surface area contributed by atoms with Crippen molar-refractivity contribution in [1.29, 1.82) is 0 Å². The SMILES string of the molecule is CCOC(=O)C(C)NC1CC(C)CCC1C(C)C. The molecule has 1 rings (SSSR count).